The maximum Gasteiger partial charge on any atom is 0.354 e. The Morgan fingerprint density at radius 3 is 2.45 bits per heavy atom. The molecule has 0 aromatic rings. The molecule has 0 atom stereocenters. The Morgan fingerprint density at radius 1 is 1.45 bits per heavy atom. The van der Waals surface area contributed by atoms with Gasteiger partial charge in [0.15, 0.2) is 4.91 Å². The van der Waals surface area contributed by atoms with Crippen LogP contribution in [0, 0.1) is 0 Å². The molecule has 62 valence electrons. The molecule has 0 fully saturated rings. The zero-order valence-corrected chi connectivity index (χ0v) is 7.01. The lowest BCUT2D eigenvalue weighted by atomic mass is 10.3. The van der Waals surface area contributed by atoms with Crippen LogP contribution < -0.4 is 0 Å². The van der Waals surface area contributed by atoms with Gasteiger partial charge >= 0.3 is 11.9 Å². The molecule has 5 heteroatoms. The Kier molecular flexibility index (Phi) is 1.75. The second kappa shape index (κ2) is 2.34. The van der Waals surface area contributed by atoms with Crippen LogP contribution in [0.2, 0.25) is 0 Å². The number of carbonyl (C=O) groups excluding carboxylic acids is 1. The standard InChI is InChI=1S/C6H8O4S/c1-6(2)9-4(7)3(11)5(8)10-6/h7,11H,1-2H3. The van der Waals surface area contributed by atoms with E-state index >= 15 is 0 Å². The fraction of sp³-hybridized carbons (Fsp3) is 0.500. The molecule has 1 rings (SSSR count). The van der Waals surface area contributed by atoms with E-state index in [1.165, 1.54) is 13.8 Å². The van der Waals surface area contributed by atoms with E-state index in [-0.39, 0.29) is 4.91 Å². The van der Waals surface area contributed by atoms with E-state index in [1.807, 2.05) is 0 Å². The van der Waals surface area contributed by atoms with Crippen molar-refractivity contribution in [1.29, 1.82) is 0 Å². The van der Waals surface area contributed by atoms with Gasteiger partial charge in [0.2, 0.25) is 0 Å². The van der Waals surface area contributed by atoms with Gasteiger partial charge in [-0.05, 0) is 0 Å². The van der Waals surface area contributed by atoms with Gasteiger partial charge < -0.3 is 14.6 Å². The number of ether oxygens (including phenoxy) is 2. The maximum absolute atomic E-state index is 10.8. The summed E-state index contributed by atoms with van der Waals surface area (Å²) in [7, 11) is 0. The highest BCUT2D eigenvalue weighted by atomic mass is 32.1. The van der Waals surface area contributed by atoms with Crippen LogP contribution in [0.1, 0.15) is 13.8 Å². The monoisotopic (exact) mass is 176 g/mol. The molecule has 0 aliphatic carbocycles. The molecule has 1 N–H and O–H groups in total. The van der Waals surface area contributed by atoms with Gasteiger partial charge in [0.1, 0.15) is 0 Å². The van der Waals surface area contributed by atoms with Gasteiger partial charge in [-0.3, -0.25) is 0 Å². The summed E-state index contributed by atoms with van der Waals surface area (Å²) in [5, 5.41) is 8.96. The van der Waals surface area contributed by atoms with Crippen LogP contribution in [0.3, 0.4) is 0 Å². The first kappa shape index (κ1) is 8.26. The molecule has 1 aliphatic rings. The quantitative estimate of drug-likeness (QED) is 0.426. The van der Waals surface area contributed by atoms with E-state index in [2.05, 4.69) is 12.6 Å². The highest BCUT2D eigenvalue weighted by Crippen LogP contribution is 2.26. The third kappa shape index (κ3) is 1.59. The lowest BCUT2D eigenvalue weighted by molar-refractivity contribution is -0.219. The predicted molar refractivity (Wildman–Crippen MR) is 39.9 cm³/mol. The summed E-state index contributed by atoms with van der Waals surface area (Å²) in [6.07, 6.45) is 0. The lowest BCUT2D eigenvalue weighted by Gasteiger charge is -2.29. The zero-order valence-electron chi connectivity index (χ0n) is 6.12. The molecule has 0 saturated heterocycles. The number of hydrogen-bond acceptors (Lipinski definition) is 5. The van der Waals surface area contributed by atoms with Crippen molar-refractivity contribution in [2.75, 3.05) is 0 Å². The number of aliphatic hydroxyl groups is 1. The number of hydrogen-bond donors (Lipinski definition) is 2. The van der Waals surface area contributed by atoms with Gasteiger partial charge in [-0.1, -0.05) is 0 Å². The van der Waals surface area contributed by atoms with Crippen LogP contribution >= 0.6 is 12.6 Å². The van der Waals surface area contributed by atoms with E-state index in [0.717, 1.165) is 0 Å². The molecule has 0 bridgehead atoms. The largest absolute Gasteiger partial charge is 0.480 e. The number of cyclic esters (lactones) is 1. The topological polar surface area (TPSA) is 55.8 Å². The van der Waals surface area contributed by atoms with Gasteiger partial charge in [0.05, 0.1) is 0 Å². The molecule has 11 heavy (non-hydrogen) atoms. The number of aliphatic hydroxyl groups excluding tert-OH is 1. The summed E-state index contributed by atoms with van der Waals surface area (Å²) in [6, 6.07) is 0. The molecule has 0 radical (unpaired) electrons. The van der Waals surface area contributed by atoms with Crippen LogP contribution in [0.4, 0.5) is 0 Å². The first-order valence-electron chi connectivity index (χ1n) is 2.97. The second-order valence-electron chi connectivity index (χ2n) is 2.55. The van der Waals surface area contributed by atoms with E-state index in [0.29, 0.717) is 0 Å². The van der Waals surface area contributed by atoms with Crippen molar-refractivity contribution in [1.82, 2.24) is 0 Å². The minimum atomic E-state index is -1.10. The molecular weight excluding hydrogens is 168 g/mol. The Balaban J connectivity index is 2.94. The van der Waals surface area contributed by atoms with E-state index < -0.39 is 17.7 Å². The van der Waals surface area contributed by atoms with Crippen LogP contribution in [0.5, 0.6) is 0 Å². The average Bonchev–Trinajstić information content (AvgIpc) is 1.81. The van der Waals surface area contributed by atoms with Crippen LogP contribution in [-0.2, 0) is 14.3 Å². The molecule has 0 aromatic carbocycles. The van der Waals surface area contributed by atoms with E-state index in [1.54, 1.807) is 0 Å². The van der Waals surface area contributed by atoms with Crippen molar-refractivity contribution in [3.8, 4) is 0 Å². The SMILES string of the molecule is CC1(C)OC(=O)C(S)=C(O)O1. The molecule has 1 heterocycles. The molecule has 1 aliphatic heterocycles. The molecule has 0 amide bonds. The van der Waals surface area contributed by atoms with Gasteiger partial charge in [0, 0.05) is 13.8 Å². The molecule has 0 saturated carbocycles. The minimum Gasteiger partial charge on any atom is -0.480 e. The van der Waals surface area contributed by atoms with Gasteiger partial charge in [-0.2, -0.15) is 0 Å². The Hall–Kier alpha value is -0.840. The van der Waals surface area contributed by atoms with Gasteiger partial charge in [0.25, 0.3) is 5.79 Å². The number of thiol groups is 1. The summed E-state index contributed by atoms with van der Waals surface area (Å²) in [5.41, 5.74) is 0. The van der Waals surface area contributed by atoms with E-state index in [4.69, 9.17) is 14.6 Å². The Bertz CT molecular complexity index is 231. The van der Waals surface area contributed by atoms with Crippen LogP contribution in [0.25, 0.3) is 0 Å². The first-order chi connectivity index (χ1) is 4.92. The smallest absolute Gasteiger partial charge is 0.354 e. The van der Waals surface area contributed by atoms with Crippen molar-refractivity contribution in [2.24, 2.45) is 0 Å². The summed E-state index contributed by atoms with van der Waals surface area (Å²) >= 11 is 3.66. The number of rotatable bonds is 0. The van der Waals surface area contributed by atoms with E-state index in [9.17, 15) is 4.79 Å². The zero-order chi connectivity index (χ0) is 8.65. The fourth-order valence-electron chi connectivity index (χ4n) is 0.661. The average molecular weight is 176 g/mol. The fourth-order valence-corrected chi connectivity index (χ4v) is 0.752. The summed E-state index contributed by atoms with van der Waals surface area (Å²) < 4.78 is 9.47. The van der Waals surface area contributed by atoms with Gasteiger partial charge in [-0.15, -0.1) is 12.6 Å². The highest BCUT2D eigenvalue weighted by Gasteiger charge is 2.34. The van der Waals surface area contributed by atoms with Crippen molar-refractivity contribution in [3.05, 3.63) is 10.9 Å². The van der Waals surface area contributed by atoms with Crippen molar-refractivity contribution in [2.45, 2.75) is 19.6 Å². The van der Waals surface area contributed by atoms with Gasteiger partial charge in [-0.25, -0.2) is 4.79 Å². The lowest BCUT2D eigenvalue weighted by Crippen LogP contribution is -2.35. The predicted octanol–water partition coefficient (Wildman–Crippen LogP) is 0.953. The molecule has 0 aromatic heterocycles. The first-order valence-corrected chi connectivity index (χ1v) is 3.42. The summed E-state index contributed by atoms with van der Waals surface area (Å²) in [4.78, 5) is 10.6. The molecule has 4 nitrogen and oxygen atoms in total. The molecular formula is C6H8O4S. The minimum absolute atomic E-state index is 0.204. The number of carbonyl (C=O) groups is 1. The van der Waals surface area contributed by atoms with Crippen molar-refractivity contribution >= 4 is 18.6 Å². The highest BCUT2D eigenvalue weighted by molar-refractivity contribution is 7.85. The maximum atomic E-state index is 10.8. The van der Waals surface area contributed by atoms with Crippen molar-refractivity contribution in [3.63, 3.8) is 0 Å². The third-order valence-corrected chi connectivity index (χ3v) is 1.45. The van der Waals surface area contributed by atoms with Crippen LogP contribution in [0.15, 0.2) is 10.9 Å². The number of esters is 1. The third-order valence-electron chi connectivity index (χ3n) is 1.08. The Labute approximate surface area is 69.2 Å². The summed E-state index contributed by atoms with van der Waals surface area (Å²) in [6.45, 7) is 3.03. The Morgan fingerprint density at radius 2 is 2.00 bits per heavy atom. The van der Waals surface area contributed by atoms with Crippen molar-refractivity contribution < 1.29 is 19.4 Å². The second-order valence-corrected chi connectivity index (χ2v) is 2.99. The normalized spacial score (nSPS) is 22.6. The molecule has 0 spiro atoms. The van der Waals surface area contributed by atoms with Crippen LogP contribution in [-0.4, -0.2) is 16.9 Å². The molecule has 0 unspecified atom stereocenters. The summed E-state index contributed by atoms with van der Waals surface area (Å²) in [5.74, 6) is -2.27.